The van der Waals surface area contributed by atoms with E-state index in [0.717, 1.165) is 0 Å². The third-order valence-corrected chi connectivity index (χ3v) is 2.47. The molecular weight excluding hydrogens is 265 g/mol. The van der Waals surface area contributed by atoms with Crippen LogP contribution in [0.1, 0.15) is 17.3 Å². The van der Waals surface area contributed by atoms with Crippen molar-refractivity contribution in [3.8, 4) is 11.8 Å². The first kappa shape index (κ1) is 13.6. The van der Waals surface area contributed by atoms with Crippen molar-refractivity contribution in [1.82, 2.24) is 0 Å². The van der Waals surface area contributed by atoms with Crippen molar-refractivity contribution in [2.45, 2.75) is 13.0 Å². The molecule has 1 aromatic carbocycles. The molecule has 0 amide bonds. The maximum Gasteiger partial charge on any atom is 0.339 e. The van der Waals surface area contributed by atoms with Gasteiger partial charge in [0.25, 0.3) is 0 Å². The largest absolute Gasteiger partial charge is 0.494 e. The Labute approximate surface area is 109 Å². The molecule has 0 saturated heterocycles. The first-order chi connectivity index (χ1) is 7.99. The van der Waals surface area contributed by atoms with Gasteiger partial charge >= 0.3 is 5.97 Å². The fraction of sp³-hybridized carbons (Fsp3) is 0.273. The number of benzene rings is 1. The Balaban J connectivity index is 3.01. The van der Waals surface area contributed by atoms with Crippen LogP contribution in [0.2, 0.25) is 10.0 Å². The van der Waals surface area contributed by atoms with Crippen LogP contribution in [0.3, 0.4) is 0 Å². The van der Waals surface area contributed by atoms with Crippen molar-refractivity contribution in [3.05, 3.63) is 27.7 Å². The molecule has 1 rings (SSSR count). The fourth-order valence-electron chi connectivity index (χ4n) is 1.13. The summed E-state index contributed by atoms with van der Waals surface area (Å²) >= 11 is 11.7. The number of carbonyl (C=O) groups is 1. The van der Waals surface area contributed by atoms with Gasteiger partial charge in [0.2, 0.25) is 0 Å². The van der Waals surface area contributed by atoms with Gasteiger partial charge in [-0.2, -0.15) is 5.26 Å². The Hall–Kier alpha value is -1.44. The van der Waals surface area contributed by atoms with E-state index in [9.17, 15) is 4.79 Å². The molecule has 0 radical (unpaired) electrons. The molecule has 0 bridgehead atoms. The minimum absolute atomic E-state index is 0.169. The zero-order valence-electron chi connectivity index (χ0n) is 9.16. The molecule has 0 spiro atoms. The second kappa shape index (κ2) is 5.76. The molecule has 0 aliphatic rings. The molecule has 17 heavy (non-hydrogen) atoms. The number of hydrogen-bond donors (Lipinski definition) is 0. The van der Waals surface area contributed by atoms with Gasteiger partial charge < -0.3 is 9.47 Å². The highest BCUT2D eigenvalue weighted by molar-refractivity contribution is 6.37. The summed E-state index contributed by atoms with van der Waals surface area (Å²) in [5, 5.41) is 8.93. The minimum Gasteiger partial charge on any atom is -0.494 e. The van der Waals surface area contributed by atoms with Gasteiger partial charge in [-0.25, -0.2) is 4.79 Å². The Morgan fingerprint density at radius 2 is 1.94 bits per heavy atom. The van der Waals surface area contributed by atoms with Crippen LogP contribution < -0.4 is 4.74 Å². The van der Waals surface area contributed by atoms with E-state index in [1.807, 2.05) is 0 Å². The number of nitrogens with zero attached hydrogens (tertiary/aromatic N) is 1. The summed E-state index contributed by atoms with van der Waals surface area (Å²) < 4.78 is 9.76. The SMILES string of the molecule is COc1c(Cl)cc(C(=O)O[C@@H](C)C#N)cc1Cl. The molecule has 0 aliphatic heterocycles. The second-order valence-electron chi connectivity index (χ2n) is 3.15. The van der Waals surface area contributed by atoms with Crippen LogP contribution in [0, 0.1) is 11.3 Å². The standard InChI is InChI=1S/C11H9Cl2NO3/c1-6(5-14)17-11(15)7-3-8(12)10(16-2)9(13)4-7/h3-4,6H,1-2H3/t6-/m0/s1. The van der Waals surface area contributed by atoms with Crippen molar-refractivity contribution < 1.29 is 14.3 Å². The highest BCUT2D eigenvalue weighted by Crippen LogP contribution is 2.34. The molecule has 0 N–H and O–H groups in total. The average molecular weight is 274 g/mol. The number of carbonyl (C=O) groups excluding carboxylic acids is 1. The van der Waals surface area contributed by atoms with E-state index in [-0.39, 0.29) is 15.6 Å². The predicted molar refractivity (Wildman–Crippen MR) is 63.5 cm³/mol. The zero-order valence-corrected chi connectivity index (χ0v) is 10.7. The van der Waals surface area contributed by atoms with Crippen molar-refractivity contribution in [1.29, 1.82) is 5.26 Å². The van der Waals surface area contributed by atoms with Crippen LogP contribution in [-0.4, -0.2) is 19.2 Å². The Morgan fingerprint density at radius 1 is 1.41 bits per heavy atom. The molecule has 0 aliphatic carbocycles. The number of ether oxygens (including phenoxy) is 2. The summed E-state index contributed by atoms with van der Waals surface area (Å²) in [6, 6.07) is 4.53. The van der Waals surface area contributed by atoms with Crippen LogP contribution in [0.5, 0.6) is 5.75 Å². The average Bonchev–Trinajstić information content (AvgIpc) is 2.28. The van der Waals surface area contributed by atoms with Crippen molar-refractivity contribution in [3.63, 3.8) is 0 Å². The van der Waals surface area contributed by atoms with Crippen LogP contribution in [0.25, 0.3) is 0 Å². The van der Waals surface area contributed by atoms with Gasteiger partial charge in [-0.15, -0.1) is 0 Å². The minimum atomic E-state index is -0.831. The Kier molecular flexibility index (Phi) is 4.62. The molecule has 0 fully saturated rings. The lowest BCUT2D eigenvalue weighted by Crippen LogP contribution is -2.13. The molecule has 1 aromatic rings. The quantitative estimate of drug-likeness (QED) is 0.795. The predicted octanol–water partition coefficient (Wildman–Crippen LogP) is 3.07. The molecule has 0 unspecified atom stereocenters. The van der Waals surface area contributed by atoms with Crippen molar-refractivity contribution in [2.75, 3.05) is 7.11 Å². The van der Waals surface area contributed by atoms with E-state index in [1.165, 1.54) is 26.2 Å². The van der Waals surface area contributed by atoms with E-state index < -0.39 is 12.1 Å². The normalized spacial score (nSPS) is 11.5. The molecule has 4 nitrogen and oxygen atoms in total. The van der Waals surface area contributed by atoms with Crippen molar-refractivity contribution in [2.24, 2.45) is 0 Å². The highest BCUT2D eigenvalue weighted by Gasteiger charge is 2.16. The lowest BCUT2D eigenvalue weighted by atomic mass is 10.2. The maximum absolute atomic E-state index is 11.6. The molecule has 90 valence electrons. The summed E-state index contributed by atoms with van der Waals surface area (Å²) in [6.45, 7) is 1.46. The van der Waals surface area contributed by atoms with Crippen LogP contribution in [-0.2, 0) is 4.74 Å². The number of nitriles is 1. The third kappa shape index (κ3) is 3.26. The monoisotopic (exact) mass is 273 g/mol. The molecule has 0 heterocycles. The third-order valence-electron chi connectivity index (χ3n) is 1.90. The van der Waals surface area contributed by atoms with E-state index in [1.54, 1.807) is 6.07 Å². The molecule has 0 saturated carbocycles. The topological polar surface area (TPSA) is 59.3 Å². The van der Waals surface area contributed by atoms with Crippen LogP contribution in [0.4, 0.5) is 0 Å². The van der Waals surface area contributed by atoms with Gasteiger partial charge in [0.05, 0.1) is 22.7 Å². The van der Waals surface area contributed by atoms with E-state index in [0.29, 0.717) is 5.75 Å². The van der Waals surface area contributed by atoms with Crippen LogP contribution in [0.15, 0.2) is 12.1 Å². The molecule has 1 atom stereocenters. The smallest absolute Gasteiger partial charge is 0.339 e. The number of halogens is 2. The number of rotatable bonds is 3. The van der Waals surface area contributed by atoms with Gasteiger partial charge in [-0.05, 0) is 19.1 Å². The number of hydrogen-bond acceptors (Lipinski definition) is 4. The van der Waals surface area contributed by atoms with E-state index in [4.69, 9.17) is 37.9 Å². The summed E-state index contributed by atoms with van der Waals surface area (Å²) in [5.74, 6) is -0.372. The summed E-state index contributed by atoms with van der Waals surface area (Å²) in [4.78, 5) is 11.6. The fourth-order valence-corrected chi connectivity index (χ4v) is 1.77. The zero-order chi connectivity index (χ0) is 13.0. The van der Waals surface area contributed by atoms with Gasteiger partial charge in [-0.3, -0.25) is 0 Å². The van der Waals surface area contributed by atoms with Gasteiger partial charge in [0, 0.05) is 0 Å². The molecule has 0 aromatic heterocycles. The van der Waals surface area contributed by atoms with Gasteiger partial charge in [-0.1, -0.05) is 23.2 Å². The Bertz CT molecular complexity index is 459. The van der Waals surface area contributed by atoms with Gasteiger partial charge in [0.1, 0.15) is 6.07 Å². The first-order valence-corrected chi connectivity index (χ1v) is 5.38. The van der Waals surface area contributed by atoms with Gasteiger partial charge in [0.15, 0.2) is 11.9 Å². The summed E-state index contributed by atoms with van der Waals surface area (Å²) in [7, 11) is 1.42. The van der Waals surface area contributed by atoms with E-state index in [2.05, 4.69) is 0 Å². The van der Waals surface area contributed by atoms with Crippen LogP contribution >= 0.6 is 23.2 Å². The highest BCUT2D eigenvalue weighted by atomic mass is 35.5. The molecular formula is C11H9Cl2NO3. The van der Waals surface area contributed by atoms with E-state index >= 15 is 0 Å². The first-order valence-electron chi connectivity index (χ1n) is 4.63. The number of esters is 1. The number of methoxy groups -OCH3 is 1. The Morgan fingerprint density at radius 3 is 2.35 bits per heavy atom. The second-order valence-corrected chi connectivity index (χ2v) is 3.96. The van der Waals surface area contributed by atoms with Crippen molar-refractivity contribution >= 4 is 29.2 Å². The maximum atomic E-state index is 11.6. The lowest BCUT2D eigenvalue weighted by Gasteiger charge is -2.09. The summed E-state index contributed by atoms with van der Waals surface area (Å²) in [6.07, 6.45) is -0.831. The lowest BCUT2D eigenvalue weighted by molar-refractivity contribution is 0.0435. The molecule has 6 heteroatoms. The summed E-state index contributed by atoms with van der Waals surface area (Å²) in [5.41, 5.74) is 0.169.